The Morgan fingerprint density at radius 1 is 1.33 bits per heavy atom. The molecule has 1 saturated heterocycles. The third-order valence-electron chi connectivity index (χ3n) is 5.09. The van der Waals surface area contributed by atoms with Gasteiger partial charge in [0.15, 0.2) is 5.69 Å². The van der Waals surface area contributed by atoms with Crippen molar-refractivity contribution in [3.8, 4) is 0 Å². The molecule has 1 amide bonds. The molecule has 3 fully saturated rings. The van der Waals surface area contributed by atoms with Crippen molar-refractivity contribution in [2.45, 2.75) is 50.5 Å². The first-order valence-corrected chi connectivity index (χ1v) is 8.28. The van der Waals surface area contributed by atoms with Gasteiger partial charge in [0.25, 0.3) is 5.91 Å². The van der Waals surface area contributed by atoms with Crippen molar-refractivity contribution in [3.05, 3.63) is 17.5 Å². The fourth-order valence-corrected chi connectivity index (χ4v) is 3.37. The molecule has 0 bridgehead atoms. The van der Waals surface area contributed by atoms with E-state index in [2.05, 4.69) is 15.4 Å². The number of carbonyl (C=O) groups is 1. The first-order chi connectivity index (χ1) is 10.3. The first-order valence-electron chi connectivity index (χ1n) is 8.28. The molecule has 5 nitrogen and oxygen atoms in total. The Balaban J connectivity index is 1.27. The van der Waals surface area contributed by atoms with Crippen molar-refractivity contribution >= 4 is 5.91 Å². The van der Waals surface area contributed by atoms with Crippen LogP contribution in [0.15, 0.2) is 10.6 Å². The van der Waals surface area contributed by atoms with Crippen molar-refractivity contribution < 1.29 is 9.32 Å². The highest BCUT2D eigenvalue weighted by atomic mass is 16.5. The lowest BCUT2D eigenvalue weighted by Gasteiger charge is -2.30. The molecule has 0 unspecified atom stereocenters. The Morgan fingerprint density at radius 3 is 2.90 bits per heavy atom. The van der Waals surface area contributed by atoms with E-state index in [1.54, 1.807) is 0 Å². The summed E-state index contributed by atoms with van der Waals surface area (Å²) in [6.45, 7) is 3.30. The number of nitrogens with zero attached hydrogens (tertiary/aromatic N) is 2. The van der Waals surface area contributed by atoms with Crippen LogP contribution >= 0.6 is 0 Å². The van der Waals surface area contributed by atoms with Crippen LogP contribution in [0.5, 0.6) is 0 Å². The summed E-state index contributed by atoms with van der Waals surface area (Å²) < 4.78 is 5.25. The van der Waals surface area contributed by atoms with Gasteiger partial charge in [0.05, 0.1) is 0 Å². The average molecular weight is 289 g/mol. The fourth-order valence-electron chi connectivity index (χ4n) is 3.37. The molecule has 3 aliphatic rings. The molecule has 1 aromatic heterocycles. The molecule has 1 aliphatic heterocycles. The van der Waals surface area contributed by atoms with Crippen LogP contribution in [0.1, 0.15) is 60.7 Å². The van der Waals surface area contributed by atoms with Crippen LogP contribution in [0, 0.1) is 5.92 Å². The van der Waals surface area contributed by atoms with Gasteiger partial charge in [-0.05, 0) is 38.0 Å². The van der Waals surface area contributed by atoms with Gasteiger partial charge in [-0.15, -0.1) is 0 Å². The summed E-state index contributed by atoms with van der Waals surface area (Å²) >= 11 is 0. The van der Waals surface area contributed by atoms with E-state index in [-0.39, 0.29) is 11.9 Å². The van der Waals surface area contributed by atoms with E-state index in [1.807, 2.05) is 6.07 Å². The lowest BCUT2D eigenvalue weighted by atomic mass is 9.85. The lowest BCUT2D eigenvalue weighted by molar-refractivity contribution is 0.0927. The fraction of sp³-hybridized carbons (Fsp3) is 0.750. The SMILES string of the molecule is O=C(N[C@H]1CCN(CC2CCC2)C1)c1cc(C2CC2)on1. The molecule has 1 N–H and O–H groups in total. The molecule has 0 radical (unpaired) electrons. The number of carbonyl (C=O) groups excluding carboxylic acids is 1. The molecular formula is C16H23N3O2. The summed E-state index contributed by atoms with van der Waals surface area (Å²) in [4.78, 5) is 14.7. The summed E-state index contributed by atoms with van der Waals surface area (Å²) in [5.41, 5.74) is 0.439. The van der Waals surface area contributed by atoms with E-state index < -0.39 is 0 Å². The summed E-state index contributed by atoms with van der Waals surface area (Å²) in [6, 6.07) is 2.08. The van der Waals surface area contributed by atoms with Gasteiger partial charge >= 0.3 is 0 Å². The highest BCUT2D eigenvalue weighted by Crippen LogP contribution is 2.40. The molecule has 5 heteroatoms. The lowest BCUT2D eigenvalue weighted by Crippen LogP contribution is -2.38. The first kappa shape index (κ1) is 13.3. The van der Waals surface area contributed by atoms with Crippen LogP contribution < -0.4 is 5.32 Å². The van der Waals surface area contributed by atoms with Gasteiger partial charge in [0, 0.05) is 37.7 Å². The molecule has 0 aromatic carbocycles. The van der Waals surface area contributed by atoms with E-state index in [0.717, 1.165) is 44.0 Å². The number of hydrogen-bond donors (Lipinski definition) is 1. The van der Waals surface area contributed by atoms with Crippen molar-refractivity contribution in [1.82, 2.24) is 15.4 Å². The maximum atomic E-state index is 12.2. The number of hydrogen-bond acceptors (Lipinski definition) is 4. The Labute approximate surface area is 125 Å². The molecule has 4 rings (SSSR count). The van der Waals surface area contributed by atoms with Crippen molar-refractivity contribution in [3.63, 3.8) is 0 Å². The highest BCUT2D eigenvalue weighted by Gasteiger charge is 2.31. The standard InChI is InChI=1S/C16H23N3O2/c20-16(14-8-15(21-18-14)12-4-5-12)17-13-6-7-19(10-13)9-11-2-1-3-11/h8,11-13H,1-7,9-10H2,(H,17,20)/t13-/m0/s1. The number of likely N-dealkylation sites (tertiary alicyclic amines) is 1. The molecule has 2 heterocycles. The number of aromatic nitrogens is 1. The third-order valence-corrected chi connectivity index (χ3v) is 5.09. The third kappa shape index (κ3) is 2.98. The van der Waals surface area contributed by atoms with Gasteiger partial charge in [-0.25, -0.2) is 0 Å². The van der Waals surface area contributed by atoms with Crippen molar-refractivity contribution in [2.75, 3.05) is 19.6 Å². The van der Waals surface area contributed by atoms with Crippen LogP contribution in [0.4, 0.5) is 0 Å². The largest absolute Gasteiger partial charge is 0.360 e. The number of rotatable bonds is 5. The quantitative estimate of drug-likeness (QED) is 0.902. The van der Waals surface area contributed by atoms with Gasteiger partial charge < -0.3 is 14.7 Å². The zero-order valence-electron chi connectivity index (χ0n) is 12.4. The van der Waals surface area contributed by atoms with E-state index in [4.69, 9.17) is 4.52 Å². The maximum Gasteiger partial charge on any atom is 0.273 e. The van der Waals surface area contributed by atoms with Crippen molar-refractivity contribution in [1.29, 1.82) is 0 Å². The molecule has 2 aliphatic carbocycles. The molecule has 1 aromatic rings. The van der Waals surface area contributed by atoms with Crippen LogP contribution in [0.3, 0.4) is 0 Å². The van der Waals surface area contributed by atoms with E-state index >= 15 is 0 Å². The second-order valence-corrected chi connectivity index (χ2v) is 6.90. The van der Waals surface area contributed by atoms with Gasteiger partial charge in [-0.3, -0.25) is 4.79 Å². The van der Waals surface area contributed by atoms with E-state index in [9.17, 15) is 4.79 Å². The van der Waals surface area contributed by atoms with E-state index in [0.29, 0.717) is 11.6 Å². The van der Waals surface area contributed by atoms with E-state index in [1.165, 1.54) is 25.8 Å². The smallest absolute Gasteiger partial charge is 0.273 e. The molecule has 1 atom stereocenters. The summed E-state index contributed by atoms with van der Waals surface area (Å²) in [5, 5.41) is 7.01. The monoisotopic (exact) mass is 289 g/mol. The number of amides is 1. The summed E-state index contributed by atoms with van der Waals surface area (Å²) in [5.74, 6) is 2.19. The molecule has 21 heavy (non-hydrogen) atoms. The molecule has 2 saturated carbocycles. The predicted molar refractivity (Wildman–Crippen MR) is 78.1 cm³/mol. The Hall–Kier alpha value is -1.36. The van der Waals surface area contributed by atoms with Crippen LogP contribution in [-0.2, 0) is 0 Å². The summed E-state index contributed by atoms with van der Waals surface area (Å²) in [6.07, 6.45) is 7.54. The number of nitrogens with one attached hydrogen (secondary N) is 1. The Bertz CT molecular complexity index is 519. The molecule has 0 spiro atoms. The highest BCUT2D eigenvalue weighted by molar-refractivity contribution is 5.92. The normalized spacial score (nSPS) is 26.8. The summed E-state index contributed by atoms with van der Waals surface area (Å²) in [7, 11) is 0. The minimum atomic E-state index is -0.0823. The van der Waals surface area contributed by atoms with Gasteiger partial charge in [-0.1, -0.05) is 11.6 Å². The van der Waals surface area contributed by atoms with Crippen LogP contribution in [0.2, 0.25) is 0 Å². The van der Waals surface area contributed by atoms with Gasteiger partial charge in [-0.2, -0.15) is 0 Å². The van der Waals surface area contributed by atoms with Crippen LogP contribution in [-0.4, -0.2) is 41.6 Å². The zero-order valence-corrected chi connectivity index (χ0v) is 12.4. The Morgan fingerprint density at radius 2 is 2.19 bits per heavy atom. The Kier molecular flexibility index (Phi) is 3.45. The second kappa shape index (κ2) is 5.44. The zero-order chi connectivity index (χ0) is 14.2. The van der Waals surface area contributed by atoms with Crippen LogP contribution in [0.25, 0.3) is 0 Å². The average Bonchev–Trinajstić information content (AvgIpc) is 2.99. The topological polar surface area (TPSA) is 58.4 Å². The molecule has 114 valence electrons. The van der Waals surface area contributed by atoms with Gasteiger partial charge in [0.1, 0.15) is 5.76 Å². The predicted octanol–water partition coefficient (Wildman–Crippen LogP) is 2.16. The molecular weight excluding hydrogens is 266 g/mol. The van der Waals surface area contributed by atoms with Crippen molar-refractivity contribution in [2.24, 2.45) is 5.92 Å². The minimum absolute atomic E-state index is 0.0823. The minimum Gasteiger partial charge on any atom is -0.360 e. The second-order valence-electron chi connectivity index (χ2n) is 6.90. The van der Waals surface area contributed by atoms with Gasteiger partial charge in [0.2, 0.25) is 0 Å². The maximum absolute atomic E-state index is 12.2.